The van der Waals surface area contributed by atoms with Crippen LogP contribution in [-0.4, -0.2) is 30.6 Å². The second kappa shape index (κ2) is 7.53. The molecule has 1 aliphatic heterocycles. The molecule has 0 aliphatic carbocycles. The Hall–Kier alpha value is -0.450. The number of halogens is 2. The first kappa shape index (κ1) is 15.9. The van der Waals surface area contributed by atoms with Crippen molar-refractivity contribution in [2.75, 3.05) is 19.6 Å². The molecule has 2 rings (SSSR count). The van der Waals surface area contributed by atoms with Crippen molar-refractivity contribution in [1.29, 1.82) is 0 Å². The van der Waals surface area contributed by atoms with Crippen LogP contribution in [0.25, 0.3) is 0 Å². The average Bonchev–Trinajstić information content (AvgIpc) is 2.42. The quantitative estimate of drug-likeness (QED) is 0.865. The average molecular weight is 343 g/mol. The molecular formula is C16H24BrFN2. The molecular weight excluding hydrogens is 319 g/mol. The molecule has 0 amide bonds. The van der Waals surface area contributed by atoms with Gasteiger partial charge in [-0.25, -0.2) is 4.39 Å². The molecule has 1 aromatic carbocycles. The van der Waals surface area contributed by atoms with Gasteiger partial charge >= 0.3 is 0 Å². The second-order valence-electron chi connectivity index (χ2n) is 5.82. The van der Waals surface area contributed by atoms with Gasteiger partial charge in [0.1, 0.15) is 5.82 Å². The lowest BCUT2D eigenvalue weighted by molar-refractivity contribution is 0.205. The topological polar surface area (TPSA) is 15.3 Å². The number of rotatable bonds is 5. The maximum absolute atomic E-state index is 13.9. The van der Waals surface area contributed by atoms with Gasteiger partial charge in [-0.15, -0.1) is 0 Å². The second-order valence-corrected chi connectivity index (χ2v) is 6.73. The third-order valence-electron chi connectivity index (χ3n) is 3.94. The van der Waals surface area contributed by atoms with Crippen LogP contribution in [0.4, 0.5) is 4.39 Å². The van der Waals surface area contributed by atoms with Crippen LogP contribution in [0.1, 0.15) is 44.7 Å². The molecule has 1 aromatic rings. The molecule has 1 aliphatic rings. The summed E-state index contributed by atoms with van der Waals surface area (Å²) in [6.07, 6.45) is 3.98. The van der Waals surface area contributed by atoms with Crippen molar-refractivity contribution in [3.63, 3.8) is 0 Å². The molecule has 20 heavy (non-hydrogen) atoms. The van der Waals surface area contributed by atoms with Crippen LogP contribution in [0.3, 0.4) is 0 Å². The standard InChI is InChI=1S/C16H24BrFN2/c1-12(11-20-8-4-3-5-9-20)19-13(2)15-10-14(17)6-7-16(15)18/h6-7,10,12-13,19H,3-5,8-9,11H2,1-2H3. The Morgan fingerprint density at radius 3 is 2.65 bits per heavy atom. The van der Waals surface area contributed by atoms with E-state index < -0.39 is 0 Å². The van der Waals surface area contributed by atoms with Crippen molar-refractivity contribution in [2.45, 2.75) is 45.2 Å². The Morgan fingerprint density at radius 1 is 1.25 bits per heavy atom. The van der Waals surface area contributed by atoms with Crippen molar-refractivity contribution in [1.82, 2.24) is 10.2 Å². The molecule has 1 N–H and O–H groups in total. The fourth-order valence-electron chi connectivity index (χ4n) is 2.94. The summed E-state index contributed by atoms with van der Waals surface area (Å²) in [7, 11) is 0. The van der Waals surface area contributed by atoms with Crippen LogP contribution in [0, 0.1) is 5.82 Å². The SMILES string of the molecule is CC(CN1CCCCC1)NC(C)c1cc(Br)ccc1F. The van der Waals surface area contributed by atoms with E-state index in [2.05, 4.69) is 33.1 Å². The Balaban J connectivity index is 1.89. The molecule has 1 saturated heterocycles. The Morgan fingerprint density at radius 2 is 1.95 bits per heavy atom. The molecule has 0 radical (unpaired) electrons. The predicted octanol–water partition coefficient (Wildman–Crippen LogP) is 4.11. The van der Waals surface area contributed by atoms with Crippen LogP contribution in [0.2, 0.25) is 0 Å². The predicted molar refractivity (Wildman–Crippen MR) is 85.4 cm³/mol. The highest BCUT2D eigenvalue weighted by atomic mass is 79.9. The van der Waals surface area contributed by atoms with Gasteiger partial charge in [0.05, 0.1) is 0 Å². The normalized spacial score (nSPS) is 19.8. The van der Waals surface area contributed by atoms with Crippen LogP contribution >= 0.6 is 15.9 Å². The minimum Gasteiger partial charge on any atom is -0.306 e. The third kappa shape index (κ3) is 4.54. The smallest absolute Gasteiger partial charge is 0.128 e. The van der Waals surface area contributed by atoms with Crippen LogP contribution < -0.4 is 5.32 Å². The Bertz CT molecular complexity index is 432. The van der Waals surface area contributed by atoms with Gasteiger partial charge in [0.15, 0.2) is 0 Å². The molecule has 2 atom stereocenters. The zero-order valence-corrected chi connectivity index (χ0v) is 13.9. The first-order valence-electron chi connectivity index (χ1n) is 7.49. The molecule has 4 heteroatoms. The molecule has 1 heterocycles. The molecule has 0 bridgehead atoms. The highest BCUT2D eigenvalue weighted by molar-refractivity contribution is 9.10. The van der Waals surface area contributed by atoms with E-state index in [1.54, 1.807) is 6.07 Å². The number of hydrogen-bond acceptors (Lipinski definition) is 2. The first-order chi connectivity index (χ1) is 9.56. The minimum atomic E-state index is -0.140. The number of piperidine rings is 1. The molecule has 0 saturated carbocycles. The van der Waals surface area contributed by atoms with Crippen LogP contribution in [-0.2, 0) is 0 Å². The molecule has 2 nitrogen and oxygen atoms in total. The molecule has 0 aromatic heterocycles. The fourth-order valence-corrected chi connectivity index (χ4v) is 3.32. The lowest BCUT2D eigenvalue weighted by atomic mass is 10.1. The summed E-state index contributed by atoms with van der Waals surface area (Å²) < 4.78 is 14.8. The zero-order chi connectivity index (χ0) is 14.5. The summed E-state index contributed by atoms with van der Waals surface area (Å²) in [6.45, 7) is 7.65. The van der Waals surface area contributed by atoms with E-state index in [1.807, 2.05) is 13.0 Å². The van der Waals surface area contributed by atoms with Crippen molar-refractivity contribution >= 4 is 15.9 Å². The van der Waals surface area contributed by atoms with Crippen LogP contribution in [0.5, 0.6) is 0 Å². The van der Waals surface area contributed by atoms with Gasteiger partial charge in [0, 0.05) is 28.7 Å². The van der Waals surface area contributed by atoms with Gasteiger partial charge in [0.25, 0.3) is 0 Å². The summed E-state index contributed by atoms with van der Waals surface area (Å²) in [4.78, 5) is 2.51. The van der Waals surface area contributed by atoms with Gasteiger partial charge < -0.3 is 10.2 Å². The summed E-state index contributed by atoms with van der Waals surface area (Å²) in [6, 6.07) is 5.50. The van der Waals surface area contributed by atoms with Gasteiger partial charge in [-0.3, -0.25) is 0 Å². The maximum Gasteiger partial charge on any atom is 0.128 e. The van der Waals surface area contributed by atoms with Gasteiger partial charge in [-0.05, 0) is 58.0 Å². The number of hydrogen-bond donors (Lipinski definition) is 1. The number of nitrogens with one attached hydrogen (secondary N) is 1. The van der Waals surface area contributed by atoms with E-state index in [4.69, 9.17) is 0 Å². The monoisotopic (exact) mass is 342 g/mol. The van der Waals surface area contributed by atoms with Gasteiger partial charge in [0.2, 0.25) is 0 Å². The summed E-state index contributed by atoms with van der Waals surface area (Å²) >= 11 is 3.41. The molecule has 0 spiro atoms. The molecule has 2 unspecified atom stereocenters. The van der Waals surface area contributed by atoms with E-state index in [0.29, 0.717) is 6.04 Å². The largest absolute Gasteiger partial charge is 0.306 e. The summed E-state index contributed by atoms with van der Waals surface area (Å²) in [5, 5.41) is 3.51. The van der Waals surface area contributed by atoms with Gasteiger partial charge in [-0.1, -0.05) is 22.4 Å². The minimum absolute atomic E-state index is 0.0206. The van der Waals surface area contributed by atoms with E-state index in [9.17, 15) is 4.39 Å². The molecule has 1 fully saturated rings. The highest BCUT2D eigenvalue weighted by Gasteiger charge is 2.17. The molecule has 112 valence electrons. The van der Waals surface area contributed by atoms with Crippen molar-refractivity contribution in [2.24, 2.45) is 0 Å². The number of likely N-dealkylation sites (tertiary alicyclic amines) is 1. The van der Waals surface area contributed by atoms with E-state index >= 15 is 0 Å². The number of benzene rings is 1. The van der Waals surface area contributed by atoms with E-state index in [-0.39, 0.29) is 11.9 Å². The highest BCUT2D eigenvalue weighted by Crippen LogP contribution is 2.22. The number of nitrogens with zero attached hydrogens (tertiary/aromatic N) is 1. The van der Waals surface area contributed by atoms with Gasteiger partial charge in [-0.2, -0.15) is 0 Å². The van der Waals surface area contributed by atoms with E-state index in [1.165, 1.54) is 38.4 Å². The summed E-state index contributed by atoms with van der Waals surface area (Å²) in [5.41, 5.74) is 0.727. The summed E-state index contributed by atoms with van der Waals surface area (Å²) in [5.74, 6) is -0.140. The first-order valence-corrected chi connectivity index (χ1v) is 8.29. The lowest BCUT2D eigenvalue weighted by Gasteiger charge is -2.30. The zero-order valence-electron chi connectivity index (χ0n) is 12.3. The Labute approximate surface area is 129 Å². The lowest BCUT2D eigenvalue weighted by Crippen LogP contribution is -2.42. The van der Waals surface area contributed by atoms with Crippen molar-refractivity contribution < 1.29 is 4.39 Å². The van der Waals surface area contributed by atoms with Crippen molar-refractivity contribution in [3.8, 4) is 0 Å². The van der Waals surface area contributed by atoms with Crippen molar-refractivity contribution in [3.05, 3.63) is 34.1 Å². The third-order valence-corrected chi connectivity index (χ3v) is 4.43. The maximum atomic E-state index is 13.9. The van der Waals surface area contributed by atoms with E-state index in [0.717, 1.165) is 16.6 Å². The Kier molecular flexibility index (Phi) is 6.00. The fraction of sp³-hybridized carbons (Fsp3) is 0.625. The van der Waals surface area contributed by atoms with Crippen LogP contribution in [0.15, 0.2) is 22.7 Å².